The van der Waals surface area contributed by atoms with Crippen LogP contribution in [0.5, 0.6) is 5.75 Å². The lowest BCUT2D eigenvalue weighted by atomic mass is 10.2. The molecule has 2 amide bonds. The number of anilines is 2. The van der Waals surface area contributed by atoms with Crippen molar-refractivity contribution in [2.75, 3.05) is 17.2 Å². The second-order valence-corrected chi connectivity index (χ2v) is 7.90. The second-order valence-electron chi connectivity index (χ2n) is 6.63. The average Bonchev–Trinajstić information content (AvgIpc) is 2.69. The summed E-state index contributed by atoms with van der Waals surface area (Å²) in [5.41, 5.74) is 1.78. The number of hydrogen-bond acceptors (Lipinski definition) is 4. The maximum Gasteiger partial charge on any atom is 0.257 e. The second kappa shape index (κ2) is 12.3. The molecule has 6 nitrogen and oxygen atoms in total. The van der Waals surface area contributed by atoms with E-state index in [1.54, 1.807) is 42.5 Å². The van der Waals surface area contributed by atoms with E-state index in [4.69, 9.17) is 17.0 Å². The first-order valence-corrected chi connectivity index (χ1v) is 11.1. The molecular weight excluding hydrogens is 466 g/mol. The van der Waals surface area contributed by atoms with Gasteiger partial charge in [-0.3, -0.25) is 14.9 Å². The zero-order valence-corrected chi connectivity index (χ0v) is 19.5. The van der Waals surface area contributed by atoms with Crippen LogP contribution in [-0.2, 0) is 4.79 Å². The van der Waals surface area contributed by atoms with Crippen molar-refractivity contribution >= 4 is 56.4 Å². The van der Waals surface area contributed by atoms with Gasteiger partial charge in [0, 0.05) is 23.4 Å². The molecule has 2 rings (SSSR count). The first kappa shape index (κ1) is 23.8. The van der Waals surface area contributed by atoms with Gasteiger partial charge in [0.2, 0.25) is 5.91 Å². The molecule has 0 saturated carbocycles. The zero-order chi connectivity index (χ0) is 21.9. The summed E-state index contributed by atoms with van der Waals surface area (Å²) in [4.78, 5) is 24.2. The lowest BCUT2D eigenvalue weighted by molar-refractivity contribution is -0.116. The van der Waals surface area contributed by atoms with Crippen molar-refractivity contribution in [2.24, 2.45) is 0 Å². The van der Waals surface area contributed by atoms with Gasteiger partial charge >= 0.3 is 0 Å². The number of rotatable bonds is 9. The van der Waals surface area contributed by atoms with Gasteiger partial charge in [-0.2, -0.15) is 0 Å². The number of halogens is 1. The highest BCUT2D eigenvalue weighted by Crippen LogP contribution is 2.26. The molecule has 0 aliphatic rings. The molecule has 0 atom stereocenters. The van der Waals surface area contributed by atoms with E-state index >= 15 is 0 Å². The molecule has 0 spiro atoms. The van der Waals surface area contributed by atoms with E-state index in [0.29, 0.717) is 40.2 Å². The highest BCUT2D eigenvalue weighted by atomic mass is 79.9. The SMILES string of the molecule is CCCCOc1ccc(C(=O)NC(=S)Nc2cccc(NC(=O)CCC)c2)cc1Br. The molecule has 0 aliphatic heterocycles. The van der Waals surface area contributed by atoms with Crippen LogP contribution in [0.1, 0.15) is 49.9 Å². The number of unbranched alkanes of at least 4 members (excludes halogenated alkanes) is 1. The van der Waals surface area contributed by atoms with Crippen LogP contribution in [0.3, 0.4) is 0 Å². The van der Waals surface area contributed by atoms with Crippen LogP contribution in [0.15, 0.2) is 46.9 Å². The van der Waals surface area contributed by atoms with E-state index in [1.165, 1.54) is 0 Å². The minimum atomic E-state index is -0.333. The van der Waals surface area contributed by atoms with Crippen molar-refractivity contribution in [1.82, 2.24) is 5.32 Å². The Balaban J connectivity index is 1.94. The molecule has 0 heterocycles. The Morgan fingerprint density at radius 1 is 1.03 bits per heavy atom. The fourth-order valence-electron chi connectivity index (χ4n) is 2.55. The molecule has 8 heteroatoms. The van der Waals surface area contributed by atoms with Crippen molar-refractivity contribution in [3.8, 4) is 5.75 Å². The summed E-state index contributed by atoms with van der Waals surface area (Å²) in [6.45, 7) is 4.68. The van der Waals surface area contributed by atoms with Crippen LogP contribution in [0, 0.1) is 0 Å². The first-order valence-electron chi connectivity index (χ1n) is 9.87. The van der Waals surface area contributed by atoms with Crippen molar-refractivity contribution in [3.63, 3.8) is 0 Å². The molecule has 0 saturated heterocycles. The van der Waals surface area contributed by atoms with Gasteiger partial charge in [-0.25, -0.2) is 0 Å². The van der Waals surface area contributed by atoms with E-state index in [0.717, 1.165) is 19.3 Å². The van der Waals surface area contributed by atoms with E-state index < -0.39 is 0 Å². The molecule has 0 radical (unpaired) electrons. The highest BCUT2D eigenvalue weighted by molar-refractivity contribution is 9.10. The Labute approximate surface area is 190 Å². The molecule has 0 unspecified atom stereocenters. The van der Waals surface area contributed by atoms with Crippen LogP contribution < -0.4 is 20.7 Å². The Morgan fingerprint density at radius 3 is 2.43 bits per heavy atom. The number of nitrogens with one attached hydrogen (secondary N) is 3. The molecule has 160 valence electrons. The van der Waals surface area contributed by atoms with Gasteiger partial charge in [-0.1, -0.05) is 26.3 Å². The Hall–Kier alpha value is -2.45. The number of benzene rings is 2. The molecule has 3 N–H and O–H groups in total. The Kier molecular flexibility index (Phi) is 9.76. The fraction of sp³-hybridized carbons (Fsp3) is 0.318. The third kappa shape index (κ3) is 7.76. The quantitative estimate of drug-likeness (QED) is 0.319. The smallest absolute Gasteiger partial charge is 0.257 e. The van der Waals surface area contributed by atoms with Crippen LogP contribution in [0.4, 0.5) is 11.4 Å². The van der Waals surface area contributed by atoms with Crippen LogP contribution in [-0.4, -0.2) is 23.5 Å². The molecule has 0 fully saturated rings. The summed E-state index contributed by atoms with van der Waals surface area (Å²) < 4.78 is 6.39. The number of hydrogen-bond donors (Lipinski definition) is 3. The molecule has 0 bridgehead atoms. The van der Waals surface area contributed by atoms with E-state index in [-0.39, 0.29) is 16.9 Å². The van der Waals surface area contributed by atoms with Gasteiger partial charge in [0.15, 0.2) is 5.11 Å². The van der Waals surface area contributed by atoms with Crippen molar-refractivity contribution in [2.45, 2.75) is 39.5 Å². The summed E-state index contributed by atoms with van der Waals surface area (Å²) in [5, 5.41) is 8.61. The van der Waals surface area contributed by atoms with E-state index in [2.05, 4.69) is 38.8 Å². The van der Waals surface area contributed by atoms with Crippen LogP contribution >= 0.6 is 28.1 Å². The lowest BCUT2D eigenvalue weighted by Gasteiger charge is -2.12. The van der Waals surface area contributed by atoms with Gasteiger partial charge in [0.1, 0.15) is 5.75 Å². The van der Waals surface area contributed by atoms with Gasteiger partial charge < -0.3 is 15.4 Å². The van der Waals surface area contributed by atoms with Gasteiger partial charge in [0.25, 0.3) is 5.91 Å². The third-order valence-electron chi connectivity index (χ3n) is 4.06. The largest absolute Gasteiger partial charge is 0.492 e. The number of carbonyl (C=O) groups excluding carboxylic acids is 2. The maximum absolute atomic E-state index is 12.5. The number of thiocarbonyl (C=S) groups is 1. The van der Waals surface area contributed by atoms with E-state index in [9.17, 15) is 9.59 Å². The molecule has 0 aromatic heterocycles. The van der Waals surface area contributed by atoms with Crippen LogP contribution in [0.2, 0.25) is 0 Å². The molecule has 30 heavy (non-hydrogen) atoms. The molecular formula is C22H26BrN3O3S. The maximum atomic E-state index is 12.5. The van der Waals surface area contributed by atoms with Crippen LogP contribution in [0.25, 0.3) is 0 Å². The normalized spacial score (nSPS) is 10.2. The number of amides is 2. The molecule has 2 aromatic rings. The monoisotopic (exact) mass is 491 g/mol. The third-order valence-corrected chi connectivity index (χ3v) is 4.88. The van der Waals surface area contributed by atoms with E-state index in [1.807, 2.05) is 6.92 Å². The first-order chi connectivity index (χ1) is 14.4. The lowest BCUT2D eigenvalue weighted by Crippen LogP contribution is -2.34. The van der Waals surface area contributed by atoms with Gasteiger partial charge in [-0.15, -0.1) is 0 Å². The van der Waals surface area contributed by atoms with Crippen molar-refractivity contribution < 1.29 is 14.3 Å². The number of ether oxygens (including phenoxy) is 1. The molecule has 2 aromatic carbocycles. The average molecular weight is 492 g/mol. The topological polar surface area (TPSA) is 79.5 Å². The Morgan fingerprint density at radius 2 is 1.77 bits per heavy atom. The predicted octanol–water partition coefficient (Wildman–Crippen LogP) is 5.49. The van der Waals surface area contributed by atoms with Gasteiger partial charge in [0.05, 0.1) is 11.1 Å². The minimum absolute atomic E-state index is 0.0433. The predicted molar refractivity (Wildman–Crippen MR) is 128 cm³/mol. The Bertz CT molecular complexity index is 905. The number of carbonyl (C=O) groups is 2. The summed E-state index contributed by atoms with van der Waals surface area (Å²) in [7, 11) is 0. The van der Waals surface area contributed by atoms with Crippen molar-refractivity contribution in [1.29, 1.82) is 0 Å². The summed E-state index contributed by atoms with van der Waals surface area (Å²) in [5.74, 6) is 0.321. The van der Waals surface area contributed by atoms with Gasteiger partial charge in [-0.05, 0) is 77.4 Å². The van der Waals surface area contributed by atoms with Crippen molar-refractivity contribution in [3.05, 3.63) is 52.5 Å². The summed E-state index contributed by atoms with van der Waals surface area (Å²) >= 11 is 8.69. The standard InChI is InChI=1S/C22H26BrN3O3S/c1-3-5-12-29-19-11-10-15(13-18(19)23)21(28)26-22(30)25-17-9-6-8-16(14-17)24-20(27)7-4-2/h6,8-11,13-14H,3-5,7,12H2,1-2H3,(H,24,27)(H2,25,26,28,30). The zero-order valence-electron chi connectivity index (χ0n) is 17.1. The summed E-state index contributed by atoms with van der Waals surface area (Å²) in [6, 6.07) is 12.3. The molecule has 0 aliphatic carbocycles. The highest BCUT2D eigenvalue weighted by Gasteiger charge is 2.11. The fourth-order valence-corrected chi connectivity index (χ4v) is 3.25. The minimum Gasteiger partial charge on any atom is -0.492 e. The summed E-state index contributed by atoms with van der Waals surface area (Å²) in [6.07, 6.45) is 3.26.